The predicted molar refractivity (Wildman–Crippen MR) is 100 cm³/mol. The van der Waals surface area contributed by atoms with Crippen LogP contribution in [0.4, 0.5) is 10.5 Å². The van der Waals surface area contributed by atoms with Crippen LogP contribution in [0.1, 0.15) is 5.56 Å². The second-order valence-electron chi connectivity index (χ2n) is 5.20. The van der Waals surface area contributed by atoms with Crippen molar-refractivity contribution in [3.05, 3.63) is 48.0 Å². The number of urea groups is 1. The number of nitrogens with zero attached hydrogens (tertiary/aromatic N) is 1. The van der Waals surface area contributed by atoms with E-state index in [2.05, 4.69) is 15.8 Å². The van der Waals surface area contributed by atoms with E-state index in [0.717, 1.165) is 0 Å². The average Bonchev–Trinajstić information content (AvgIpc) is 2.66. The van der Waals surface area contributed by atoms with Crippen molar-refractivity contribution in [2.24, 2.45) is 10.8 Å². The molecule has 0 saturated carbocycles. The number of amides is 3. The van der Waals surface area contributed by atoms with E-state index in [0.29, 0.717) is 22.7 Å². The average molecular weight is 372 g/mol. The molecule has 0 aliphatic carbocycles. The Kier molecular flexibility index (Phi) is 7.00. The zero-order chi connectivity index (χ0) is 19.6. The summed E-state index contributed by atoms with van der Waals surface area (Å²) in [5.41, 5.74) is 8.67. The van der Waals surface area contributed by atoms with Crippen LogP contribution in [0.5, 0.6) is 17.2 Å². The van der Waals surface area contributed by atoms with E-state index < -0.39 is 11.9 Å². The Morgan fingerprint density at radius 1 is 1.11 bits per heavy atom. The molecule has 0 fully saturated rings. The number of nitrogens with one attached hydrogen (secondary N) is 2. The third kappa shape index (κ3) is 5.92. The number of hydrazone groups is 1. The van der Waals surface area contributed by atoms with E-state index in [4.69, 9.17) is 19.9 Å². The smallest absolute Gasteiger partial charge is 0.339 e. The first kappa shape index (κ1) is 19.6. The summed E-state index contributed by atoms with van der Waals surface area (Å²) in [7, 11) is 2.89. The predicted octanol–water partition coefficient (Wildman–Crippen LogP) is 1.72. The van der Waals surface area contributed by atoms with E-state index in [9.17, 15) is 9.59 Å². The van der Waals surface area contributed by atoms with Crippen molar-refractivity contribution in [1.82, 2.24) is 5.43 Å². The molecule has 27 heavy (non-hydrogen) atoms. The summed E-state index contributed by atoms with van der Waals surface area (Å²) in [6, 6.07) is 11.7. The molecule has 9 nitrogen and oxygen atoms in total. The number of nitrogens with two attached hydrogens (primary N) is 1. The molecule has 142 valence electrons. The van der Waals surface area contributed by atoms with Crippen LogP contribution in [-0.4, -0.2) is 39.0 Å². The van der Waals surface area contributed by atoms with Crippen LogP contribution < -0.4 is 30.7 Å². The van der Waals surface area contributed by atoms with Crippen LogP contribution in [-0.2, 0) is 4.79 Å². The Labute approximate surface area is 156 Å². The summed E-state index contributed by atoms with van der Waals surface area (Å²) >= 11 is 0. The number of hydrogen-bond acceptors (Lipinski definition) is 6. The lowest BCUT2D eigenvalue weighted by atomic mass is 10.2. The highest BCUT2D eigenvalue weighted by atomic mass is 16.5. The fourth-order valence-corrected chi connectivity index (χ4v) is 2.11. The van der Waals surface area contributed by atoms with Crippen LogP contribution in [0.3, 0.4) is 0 Å². The molecule has 0 unspecified atom stereocenters. The van der Waals surface area contributed by atoms with Crippen molar-refractivity contribution >= 4 is 23.8 Å². The Balaban J connectivity index is 2.07. The number of carbonyl (C=O) groups excluding carboxylic acids is 2. The minimum atomic E-state index is -0.627. The van der Waals surface area contributed by atoms with Crippen molar-refractivity contribution in [2.75, 3.05) is 26.1 Å². The largest absolute Gasteiger partial charge is 0.493 e. The number of hydrogen-bond donors (Lipinski definition) is 3. The monoisotopic (exact) mass is 372 g/mol. The van der Waals surface area contributed by atoms with E-state index in [1.807, 2.05) is 6.07 Å². The van der Waals surface area contributed by atoms with Crippen LogP contribution in [0.25, 0.3) is 0 Å². The summed E-state index contributed by atoms with van der Waals surface area (Å²) in [4.78, 5) is 22.7. The quantitative estimate of drug-likeness (QED) is 0.481. The maximum Gasteiger partial charge on any atom is 0.339 e. The molecule has 4 N–H and O–H groups in total. The molecule has 0 spiro atoms. The highest BCUT2D eigenvalue weighted by Crippen LogP contribution is 2.38. The van der Waals surface area contributed by atoms with Crippen molar-refractivity contribution in [3.63, 3.8) is 0 Å². The molecule has 3 amide bonds. The zero-order valence-electron chi connectivity index (χ0n) is 14.9. The standard InChI is InChI=1S/C18H20N4O5/c1-25-14-8-12(9-15(26-2)17(14)27-11-16(19)23)10-20-22-18(24)21-13-6-4-3-5-7-13/h3-10H,11H2,1-2H3,(H2,19,23)(H2,21,22,24)/b20-10-. The van der Waals surface area contributed by atoms with Crippen LogP contribution >= 0.6 is 0 Å². The number of methoxy groups -OCH3 is 2. The maximum atomic E-state index is 11.8. The van der Waals surface area contributed by atoms with Crippen molar-refractivity contribution < 1.29 is 23.8 Å². The van der Waals surface area contributed by atoms with Gasteiger partial charge in [-0.25, -0.2) is 10.2 Å². The molecule has 0 saturated heterocycles. The second-order valence-corrected chi connectivity index (χ2v) is 5.20. The lowest BCUT2D eigenvalue weighted by Gasteiger charge is -2.14. The molecule has 0 atom stereocenters. The van der Waals surface area contributed by atoms with Gasteiger partial charge in [-0.1, -0.05) is 18.2 Å². The summed E-state index contributed by atoms with van der Waals surface area (Å²) in [6.07, 6.45) is 1.41. The fourth-order valence-electron chi connectivity index (χ4n) is 2.11. The van der Waals surface area contributed by atoms with Crippen molar-refractivity contribution in [3.8, 4) is 17.2 Å². The SMILES string of the molecule is COc1cc(/C=N\NC(=O)Nc2ccccc2)cc(OC)c1OCC(N)=O. The minimum Gasteiger partial charge on any atom is -0.493 e. The van der Waals surface area contributed by atoms with Gasteiger partial charge in [-0.3, -0.25) is 4.79 Å². The molecule has 0 aromatic heterocycles. The number of primary amides is 1. The molecule has 9 heteroatoms. The first-order valence-electron chi connectivity index (χ1n) is 7.85. The second kappa shape index (κ2) is 9.66. The Bertz CT molecular complexity index is 799. The van der Waals surface area contributed by atoms with Gasteiger partial charge in [-0.15, -0.1) is 0 Å². The third-order valence-corrected chi connectivity index (χ3v) is 3.25. The van der Waals surface area contributed by atoms with Gasteiger partial charge in [0, 0.05) is 11.3 Å². The first-order chi connectivity index (χ1) is 13.0. The maximum absolute atomic E-state index is 11.8. The molecule has 0 radical (unpaired) electrons. The van der Waals surface area contributed by atoms with Gasteiger partial charge in [0.1, 0.15) is 0 Å². The van der Waals surface area contributed by atoms with E-state index in [1.54, 1.807) is 36.4 Å². The number of benzene rings is 2. The van der Waals surface area contributed by atoms with E-state index in [-0.39, 0.29) is 12.4 Å². The highest BCUT2D eigenvalue weighted by molar-refractivity contribution is 5.90. The van der Waals surface area contributed by atoms with Crippen LogP contribution in [0.15, 0.2) is 47.6 Å². The van der Waals surface area contributed by atoms with Gasteiger partial charge in [0.05, 0.1) is 20.4 Å². The fraction of sp³-hybridized carbons (Fsp3) is 0.167. The number of anilines is 1. The number of para-hydroxylation sites is 1. The normalized spacial score (nSPS) is 10.3. The molecule has 2 aromatic carbocycles. The van der Waals surface area contributed by atoms with Gasteiger partial charge in [0.15, 0.2) is 18.1 Å². The minimum absolute atomic E-state index is 0.241. The summed E-state index contributed by atoms with van der Waals surface area (Å²) in [5, 5.41) is 6.51. The Morgan fingerprint density at radius 3 is 2.30 bits per heavy atom. The summed E-state index contributed by atoms with van der Waals surface area (Å²) in [6.45, 7) is -0.318. The molecule has 0 heterocycles. The lowest BCUT2D eigenvalue weighted by molar-refractivity contribution is -0.120. The summed E-state index contributed by atoms with van der Waals surface area (Å²) < 4.78 is 15.8. The Morgan fingerprint density at radius 2 is 1.74 bits per heavy atom. The molecule has 2 aromatic rings. The number of ether oxygens (including phenoxy) is 3. The van der Waals surface area contributed by atoms with Crippen LogP contribution in [0, 0.1) is 0 Å². The lowest BCUT2D eigenvalue weighted by Crippen LogP contribution is -2.24. The molecular formula is C18H20N4O5. The summed E-state index contributed by atoms with van der Waals surface area (Å²) in [5.74, 6) is 0.265. The van der Waals surface area contributed by atoms with Gasteiger partial charge in [0.25, 0.3) is 5.91 Å². The molecule has 0 aliphatic heterocycles. The van der Waals surface area contributed by atoms with Crippen LogP contribution in [0.2, 0.25) is 0 Å². The Hall–Kier alpha value is -3.75. The third-order valence-electron chi connectivity index (χ3n) is 3.25. The van der Waals surface area contributed by atoms with Gasteiger partial charge >= 0.3 is 6.03 Å². The van der Waals surface area contributed by atoms with Crippen molar-refractivity contribution in [2.45, 2.75) is 0 Å². The number of rotatable bonds is 8. The molecule has 0 bridgehead atoms. The highest BCUT2D eigenvalue weighted by Gasteiger charge is 2.14. The first-order valence-corrected chi connectivity index (χ1v) is 7.85. The molecule has 2 rings (SSSR count). The van der Waals surface area contributed by atoms with Gasteiger partial charge in [-0.05, 0) is 24.3 Å². The zero-order valence-corrected chi connectivity index (χ0v) is 14.9. The number of carbonyl (C=O) groups is 2. The molecule has 0 aliphatic rings. The van der Waals surface area contributed by atoms with Crippen molar-refractivity contribution in [1.29, 1.82) is 0 Å². The van der Waals surface area contributed by atoms with Gasteiger partial charge in [0.2, 0.25) is 5.75 Å². The topological polar surface area (TPSA) is 124 Å². The molecular weight excluding hydrogens is 352 g/mol. The van der Waals surface area contributed by atoms with Gasteiger partial charge in [-0.2, -0.15) is 5.10 Å². The van der Waals surface area contributed by atoms with E-state index in [1.165, 1.54) is 20.4 Å². The van der Waals surface area contributed by atoms with Gasteiger partial charge < -0.3 is 25.3 Å². The van der Waals surface area contributed by atoms with E-state index >= 15 is 0 Å².